The third kappa shape index (κ3) is 2.95. The van der Waals surface area contributed by atoms with Crippen molar-refractivity contribution in [2.24, 2.45) is 0 Å². The molecule has 88 valence electrons. The minimum Gasteiger partial charge on any atom is -0.338 e. The maximum absolute atomic E-state index is 12.1. The molecular weight excluding hydrogens is 204 g/mol. The SMILES string of the molecule is CCCN(CCC)C(=O)c1ccc[nH]c1=O. The van der Waals surface area contributed by atoms with Crippen LogP contribution in [0.4, 0.5) is 0 Å². The average Bonchev–Trinajstić information content (AvgIpc) is 2.28. The summed E-state index contributed by atoms with van der Waals surface area (Å²) < 4.78 is 0. The summed E-state index contributed by atoms with van der Waals surface area (Å²) in [6, 6.07) is 3.24. The number of carbonyl (C=O) groups is 1. The third-order valence-corrected chi connectivity index (χ3v) is 2.32. The minimum absolute atomic E-state index is 0.175. The van der Waals surface area contributed by atoms with Gasteiger partial charge < -0.3 is 9.88 Å². The van der Waals surface area contributed by atoms with Crippen LogP contribution < -0.4 is 5.56 Å². The second-order valence-corrected chi connectivity index (χ2v) is 3.71. The van der Waals surface area contributed by atoms with E-state index in [1.807, 2.05) is 13.8 Å². The second kappa shape index (κ2) is 6.10. The van der Waals surface area contributed by atoms with Gasteiger partial charge in [0.15, 0.2) is 0 Å². The fourth-order valence-electron chi connectivity index (χ4n) is 1.62. The summed E-state index contributed by atoms with van der Waals surface area (Å²) in [5.41, 5.74) is -0.0888. The van der Waals surface area contributed by atoms with Gasteiger partial charge in [-0.25, -0.2) is 0 Å². The second-order valence-electron chi connectivity index (χ2n) is 3.71. The number of rotatable bonds is 5. The van der Waals surface area contributed by atoms with E-state index in [0.29, 0.717) is 13.1 Å². The number of pyridine rings is 1. The topological polar surface area (TPSA) is 53.2 Å². The number of nitrogens with zero attached hydrogens (tertiary/aromatic N) is 1. The van der Waals surface area contributed by atoms with Crippen molar-refractivity contribution in [3.05, 3.63) is 34.2 Å². The van der Waals surface area contributed by atoms with Crippen LogP contribution >= 0.6 is 0 Å². The Bertz CT molecular complexity index is 392. The highest BCUT2D eigenvalue weighted by atomic mass is 16.2. The van der Waals surface area contributed by atoms with Crippen LogP contribution in [0, 0.1) is 0 Å². The lowest BCUT2D eigenvalue weighted by molar-refractivity contribution is 0.0754. The highest BCUT2D eigenvalue weighted by Gasteiger charge is 2.16. The van der Waals surface area contributed by atoms with Crippen molar-refractivity contribution in [3.8, 4) is 0 Å². The fourth-order valence-corrected chi connectivity index (χ4v) is 1.62. The molecule has 0 saturated carbocycles. The molecular formula is C12H18N2O2. The lowest BCUT2D eigenvalue weighted by Gasteiger charge is -2.20. The van der Waals surface area contributed by atoms with E-state index in [1.54, 1.807) is 17.0 Å². The number of amides is 1. The van der Waals surface area contributed by atoms with Gasteiger partial charge in [0.2, 0.25) is 0 Å². The Kier molecular flexibility index (Phi) is 4.76. The molecule has 1 N–H and O–H groups in total. The predicted octanol–water partition coefficient (Wildman–Crippen LogP) is 1.64. The van der Waals surface area contributed by atoms with Crippen molar-refractivity contribution in [1.29, 1.82) is 0 Å². The summed E-state index contributed by atoms with van der Waals surface area (Å²) in [5, 5.41) is 0. The molecule has 1 aromatic heterocycles. The number of carbonyl (C=O) groups excluding carboxylic acids is 1. The molecule has 0 aliphatic carbocycles. The Hall–Kier alpha value is -1.58. The summed E-state index contributed by atoms with van der Waals surface area (Å²) in [7, 11) is 0. The van der Waals surface area contributed by atoms with Gasteiger partial charge in [-0.1, -0.05) is 13.8 Å². The summed E-state index contributed by atoms with van der Waals surface area (Å²) in [5.74, 6) is -0.175. The van der Waals surface area contributed by atoms with Gasteiger partial charge in [0, 0.05) is 19.3 Å². The number of hydrogen-bond donors (Lipinski definition) is 1. The first-order valence-corrected chi connectivity index (χ1v) is 5.67. The molecule has 4 nitrogen and oxygen atoms in total. The van der Waals surface area contributed by atoms with Crippen molar-refractivity contribution in [2.75, 3.05) is 13.1 Å². The van der Waals surface area contributed by atoms with Gasteiger partial charge in [-0.15, -0.1) is 0 Å². The summed E-state index contributed by atoms with van der Waals surface area (Å²) in [4.78, 5) is 27.8. The molecule has 0 unspecified atom stereocenters. The van der Waals surface area contributed by atoms with Crippen LogP contribution in [0.15, 0.2) is 23.1 Å². The Morgan fingerprint density at radius 3 is 2.44 bits per heavy atom. The van der Waals surface area contributed by atoms with E-state index in [-0.39, 0.29) is 17.0 Å². The molecule has 4 heteroatoms. The maximum Gasteiger partial charge on any atom is 0.260 e. The molecule has 1 aromatic rings. The van der Waals surface area contributed by atoms with Crippen molar-refractivity contribution in [2.45, 2.75) is 26.7 Å². The fraction of sp³-hybridized carbons (Fsp3) is 0.500. The Morgan fingerprint density at radius 1 is 1.31 bits per heavy atom. The van der Waals surface area contributed by atoms with Crippen LogP contribution in [0.1, 0.15) is 37.0 Å². The van der Waals surface area contributed by atoms with Gasteiger partial charge in [0.05, 0.1) is 0 Å². The number of H-pyrrole nitrogens is 1. The van der Waals surface area contributed by atoms with Crippen molar-refractivity contribution >= 4 is 5.91 Å². The lowest BCUT2D eigenvalue weighted by Crippen LogP contribution is -2.35. The van der Waals surface area contributed by atoms with E-state index in [4.69, 9.17) is 0 Å². The number of nitrogens with one attached hydrogen (secondary N) is 1. The minimum atomic E-state index is -0.315. The van der Waals surface area contributed by atoms with Crippen LogP contribution in [-0.2, 0) is 0 Å². The summed E-state index contributed by atoms with van der Waals surface area (Å²) in [6.45, 7) is 5.43. The smallest absolute Gasteiger partial charge is 0.260 e. The third-order valence-electron chi connectivity index (χ3n) is 2.32. The number of hydrogen-bond acceptors (Lipinski definition) is 2. The molecule has 0 radical (unpaired) electrons. The van der Waals surface area contributed by atoms with Gasteiger partial charge >= 0.3 is 0 Å². The zero-order valence-corrected chi connectivity index (χ0v) is 9.82. The first kappa shape index (κ1) is 12.5. The molecule has 1 heterocycles. The van der Waals surface area contributed by atoms with Gasteiger partial charge in [-0.05, 0) is 25.0 Å². The molecule has 0 spiro atoms. The lowest BCUT2D eigenvalue weighted by atomic mass is 10.2. The van der Waals surface area contributed by atoms with Gasteiger partial charge in [-0.3, -0.25) is 9.59 Å². The van der Waals surface area contributed by atoms with Gasteiger partial charge in [-0.2, -0.15) is 0 Å². The van der Waals surface area contributed by atoms with Crippen LogP contribution in [0.3, 0.4) is 0 Å². The van der Waals surface area contributed by atoms with Crippen molar-refractivity contribution in [1.82, 2.24) is 9.88 Å². The Labute approximate surface area is 95.3 Å². The van der Waals surface area contributed by atoms with Crippen LogP contribution in [0.25, 0.3) is 0 Å². The molecule has 1 amide bonds. The standard InChI is InChI=1S/C12H18N2O2/c1-3-8-14(9-4-2)12(16)10-6-5-7-13-11(10)15/h5-7H,3-4,8-9H2,1-2H3,(H,13,15). The Balaban J connectivity index is 2.90. The molecule has 0 bridgehead atoms. The summed E-state index contributed by atoms with van der Waals surface area (Å²) >= 11 is 0. The molecule has 0 saturated heterocycles. The van der Waals surface area contributed by atoms with Crippen LogP contribution in [0.2, 0.25) is 0 Å². The molecule has 16 heavy (non-hydrogen) atoms. The maximum atomic E-state index is 12.1. The highest BCUT2D eigenvalue weighted by molar-refractivity contribution is 5.93. The van der Waals surface area contributed by atoms with Gasteiger partial charge in [0.1, 0.15) is 5.56 Å². The van der Waals surface area contributed by atoms with Crippen molar-refractivity contribution < 1.29 is 4.79 Å². The molecule has 0 aliphatic heterocycles. The summed E-state index contributed by atoms with van der Waals surface area (Å²) in [6.07, 6.45) is 3.33. The molecule has 0 atom stereocenters. The van der Waals surface area contributed by atoms with Crippen LogP contribution in [0.5, 0.6) is 0 Å². The monoisotopic (exact) mass is 222 g/mol. The van der Waals surface area contributed by atoms with Crippen LogP contribution in [-0.4, -0.2) is 28.9 Å². The molecule has 0 aliphatic rings. The molecule has 0 aromatic carbocycles. The molecule has 0 fully saturated rings. The predicted molar refractivity (Wildman–Crippen MR) is 63.5 cm³/mol. The quantitative estimate of drug-likeness (QED) is 0.823. The first-order valence-electron chi connectivity index (χ1n) is 5.67. The average molecular weight is 222 g/mol. The van der Waals surface area contributed by atoms with Gasteiger partial charge in [0.25, 0.3) is 11.5 Å². The van der Waals surface area contributed by atoms with E-state index in [1.165, 1.54) is 6.20 Å². The largest absolute Gasteiger partial charge is 0.338 e. The van der Waals surface area contributed by atoms with E-state index >= 15 is 0 Å². The molecule has 1 rings (SSSR count). The first-order chi connectivity index (χ1) is 7.70. The highest BCUT2D eigenvalue weighted by Crippen LogP contribution is 2.01. The van der Waals surface area contributed by atoms with E-state index < -0.39 is 0 Å². The Morgan fingerprint density at radius 2 is 1.94 bits per heavy atom. The number of aromatic amines is 1. The number of aromatic nitrogens is 1. The van der Waals surface area contributed by atoms with Crippen molar-refractivity contribution in [3.63, 3.8) is 0 Å². The normalized spacial score (nSPS) is 10.1. The van der Waals surface area contributed by atoms with E-state index in [2.05, 4.69) is 4.98 Å². The van der Waals surface area contributed by atoms with E-state index in [9.17, 15) is 9.59 Å². The zero-order chi connectivity index (χ0) is 12.0. The van der Waals surface area contributed by atoms with E-state index in [0.717, 1.165) is 12.8 Å². The zero-order valence-electron chi connectivity index (χ0n) is 9.82.